The van der Waals surface area contributed by atoms with Crippen molar-refractivity contribution in [2.24, 2.45) is 0 Å². The maximum Gasteiger partial charge on any atom is 0.265 e. The number of carbonyl (C=O) groups excluding carboxylic acids is 1. The van der Waals surface area contributed by atoms with E-state index in [-0.39, 0.29) is 18.6 Å². The largest absolute Gasteiger partial charge is 0.395 e. The molecule has 0 bridgehead atoms. The number of amides is 1. The van der Waals surface area contributed by atoms with E-state index in [1.807, 2.05) is 24.3 Å². The molecule has 1 aliphatic rings. The van der Waals surface area contributed by atoms with Crippen LogP contribution in [0.15, 0.2) is 24.3 Å². The minimum atomic E-state index is -0.0463. The molecule has 5 heteroatoms. The van der Waals surface area contributed by atoms with Crippen LogP contribution in [0.25, 0.3) is 10.1 Å². The molecule has 1 aliphatic carbocycles. The van der Waals surface area contributed by atoms with Crippen LogP contribution in [0.5, 0.6) is 0 Å². The highest BCUT2D eigenvalue weighted by atomic mass is 35.5. The fourth-order valence-electron chi connectivity index (χ4n) is 2.54. The van der Waals surface area contributed by atoms with E-state index in [0.717, 1.165) is 29.3 Å². The number of halogens is 1. The Morgan fingerprint density at radius 3 is 2.75 bits per heavy atom. The van der Waals surface area contributed by atoms with Crippen LogP contribution in [0.1, 0.15) is 28.9 Å². The predicted octanol–water partition coefficient (Wildman–Crippen LogP) is 3.54. The molecule has 1 fully saturated rings. The van der Waals surface area contributed by atoms with Gasteiger partial charge in [-0.15, -0.1) is 11.3 Å². The predicted molar refractivity (Wildman–Crippen MR) is 82.6 cm³/mol. The van der Waals surface area contributed by atoms with Crippen LogP contribution < -0.4 is 0 Å². The third-order valence-electron chi connectivity index (χ3n) is 3.85. The van der Waals surface area contributed by atoms with Crippen LogP contribution in [-0.2, 0) is 0 Å². The highest BCUT2D eigenvalue weighted by Crippen LogP contribution is 2.37. The fourth-order valence-corrected chi connectivity index (χ4v) is 4.01. The number of nitrogens with zero attached hydrogens (tertiary/aromatic N) is 1. The van der Waals surface area contributed by atoms with Gasteiger partial charge in [0.1, 0.15) is 4.88 Å². The van der Waals surface area contributed by atoms with E-state index in [4.69, 9.17) is 11.6 Å². The summed E-state index contributed by atoms with van der Waals surface area (Å²) >= 11 is 7.80. The number of benzene rings is 1. The third kappa shape index (κ3) is 2.32. The Balaban J connectivity index is 1.95. The summed E-state index contributed by atoms with van der Waals surface area (Å²) in [7, 11) is 0. The Kier molecular flexibility index (Phi) is 3.96. The topological polar surface area (TPSA) is 40.5 Å². The number of hydrogen-bond acceptors (Lipinski definition) is 3. The van der Waals surface area contributed by atoms with Crippen molar-refractivity contribution in [3.8, 4) is 0 Å². The molecule has 106 valence electrons. The highest BCUT2D eigenvalue weighted by Gasteiger charge is 2.31. The van der Waals surface area contributed by atoms with Crippen LogP contribution in [0.4, 0.5) is 0 Å². The van der Waals surface area contributed by atoms with Crippen LogP contribution in [0, 0.1) is 0 Å². The Bertz CT molecular complexity index is 636. The van der Waals surface area contributed by atoms with Crippen molar-refractivity contribution in [1.29, 1.82) is 0 Å². The van der Waals surface area contributed by atoms with E-state index in [9.17, 15) is 9.90 Å². The van der Waals surface area contributed by atoms with Crippen molar-refractivity contribution in [3.63, 3.8) is 0 Å². The lowest BCUT2D eigenvalue weighted by Crippen LogP contribution is -2.45. The van der Waals surface area contributed by atoms with Gasteiger partial charge in [0, 0.05) is 22.7 Å². The van der Waals surface area contributed by atoms with Gasteiger partial charge < -0.3 is 10.0 Å². The second kappa shape index (κ2) is 5.72. The van der Waals surface area contributed by atoms with Crippen molar-refractivity contribution < 1.29 is 9.90 Å². The average molecular weight is 310 g/mol. The summed E-state index contributed by atoms with van der Waals surface area (Å²) in [6, 6.07) is 8.04. The van der Waals surface area contributed by atoms with E-state index in [2.05, 4.69) is 0 Å². The molecule has 1 heterocycles. The molecule has 3 nitrogen and oxygen atoms in total. The van der Waals surface area contributed by atoms with Gasteiger partial charge in [-0.2, -0.15) is 0 Å². The molecule has 2 aromatic rings. The molecular weight excluding hydrogens is 294 g/mol. The third-order valence-corrected chi connectivity index (χ3v) is 5.51. The smallest absolute Gasteiger partial charge is 0.265 e. The molecule has 0 spiro atoms. The van der Waals surface area contributed by atoms with Crippen LogP contribution in [0.2, 0.25) is 5.02 Å². The van der Waals surface area contributed by atoms with Gasteiger partial charge in [0.2, 0.25) is 0 Å². The lowest BCUT2D eigenvalue weighted by atomic mass is 9.91. The Labute approximate surface area is 126 Å². The highest BCUT2D eigenvalue weighted by molar-refractivity contribution is 7.21. The Morgan fingerprint density at radius 1 is 1.40 bits per heavy atom. The second-order valence-corrected chi connectivity index (χ2v) is 6.48. The van der Waals surface area contributed by atoms with Crippen molar-refractivity contribution in [2.75, 3.05) is 13.2 Å². The first kappa shape index (κ1) is 13.9. The number of rotatable bonds is 4. The first-order valence-corrected chi connectivity index (χ1v) is 8.00. The summed E-state index contributed by atoms with van der Waals surface area (Å²) in [5.74, 6) is -0.0463. The number of hydrogen-bond donors (Lipinski definition) is 1. The Hall–Kier alpha value is -1.10. The number of aliphatic hydroxyl groups is 1. The van der Waals surface area contributed by atoms with Crippen LogP contribution >= 0.6 is 22.9 Å². The van der Waals surface area contributed by atoms with E-state index < -0.39 is 0 Å². The van der Waals surface area contributed by atoms with Crippen LogP contribution in [-0.4, -0.2) is 35.1 Å². The quantitative estimate of drug-likeness (QED) is 0.938. The van der Waals surface area contributed by atoms with Gasteiger partial charge in [-0.1, -0.05) is 29.8 Å². The zero-order valence-corrected chi connectivity index (χ0v) is 12.6. The molecule has 1 N–H and O–H groups in total. The molecule has 20 heavy (non-hydrogen) atoms. The van der Waals surface area contributed by atoms with E-state index >= 15 is 0 Å². The number of carbonyl (C=O) groups is 1. The summed E-state index contributed by atoms with van der Waals surface area (Å²) in [6.07, 6.45) is 3.20. The average Bonchev–Trinajstić information content (AvgIpc) is 2.73. The van der Waals surface area contributed by atoms with Gasteiger partial charge in [-0.05, 0) is 25.3 Å². The van der Waals surface area contributed by atoms with Crippen LogP contribution in [0.3, 0.4) is 0 Å². The SMILES string of the molecule is O=C(c1sc2ccccc2c1Cl)N(CCO)C1CCC1. The standard InChI is InChI=1S/C15H16ClNO2S/c16-13-11-6-1-2-7-12(11)20-14(13)15(19)17(8-9-18)10-4-3-5-10/h1-2,6-7,10,18H,3-5,8-9H2. The fraction of sp³-hybridized carbons (Fsp3) is 0.400. The molecule has 1 aromatic carbocycles. The monoisotopic (exact) mass is 309 g/mol. The minimum Gasteiger partial charge on any atom is -0.395 e. The minimum absolute atomic E-state index is 0.00917. The first-order chi connectivity index (χ1) is 9.72. The molecule has 1 saturated carbocycles. The summed E-state index contributed by atoms with van der Waals surface area (Å²) in [4.78, 5) is 15.1. The summed E-state index contributed by atoms with van der Waals surface area (Å²) < 4.78 is 1.03. The van der Waals surface area contributed by atoms with E-state index in [1.54, 1.807) is 4.90 Å². The second-order valence-electron chi connectivity index (χ2n) is 5.05. The van der Waals surface area contributed by atoms with Crippen molar-refractivity contribution in [2.45, 2.75) is 25.3 Å². The molecule has 0 unspecified atom stereocenters. The summed E-state index contributed by atoms with van der Waals surface area (Å²) in [5, 5.41) is 10.7. The Morgan fingerprint density at radius 2 is 2.15 bits per heavy atom. The maximum atomic E-state index is 12.7. The molecule has 0 saturated heterocycles. The van der Waals surface area contributed by atoms with Crippen molar-refractivity contribution in [3.05, 3.63) is 34.2 Å². The van der Waals surface area contributed by atoms with Gasteiger partial charge in [0.15, 0.2) is 0 Å². The van der Waals surface area contributed by atoms with Crippen molar-refractivity contribution in [1.82, 2.24) is 4.90 Å². The first-order valence-electron chi connectivity index (χ1n) is 6.81. The van der Waals surface area contributed by atoms with Gasteiger partial charge in [-0.3, -0.25) is 4.79 Å². The zero-order chi connectivity index (χ0) is 14.1. The molecule has 1 amide bonds. The molecular formula is C15H16ClNO2S. The van der Waals surface area contributed by atoms with Gasteiger partial charge in [0.25, 0.3) is 5.91 Å². The number of thiophene rings is 1. The van der Waals surface area contributed by atoms with Gasteiger partial charge in [-0.25, -0.2) is 0 Å². The van der Waals surface area contributed by atoms with E-state index in [0.29, 0.717) is 16.4 Å². The van der Waals surface area contributed by atoms with E-state index in [1.165, 1.54) is 11.3 Å². The molecule has 3 rings (SSSR count). The lowest BCUT2D eigenvalue weighted by Gasteiger charge is -2.37. The molecule has 0 aliphatic heterocycles. The van der Waals surface area contributed by atoms with Crippen molar-refractivity contribution >= 4 is 38.9 Å². The molecule has 0 atom stereocenters. The lowest BCUT2D eigenvalue weighted by molar-refractivity contribution is 0.0531. The van der Waals surface area contributed by atoms with Gasteiger partial charge >= 0.3 is 0 Å². The molecule has 1 aromatic heterocycles. The normalized spacial score (nSPS) is 15.3. The number of aliphatic hydroxyl groups excluding tert-OH is 1. The van der Waals surface area contributed by atoms with Gasteiger partial charge in [0.05, 0.1) is 11.6 Å². The summed E-state index contributed by atoms with van der Waals surface area (Å²) in [5.41, 5.74) is 0. The zero-order valence-electron chi connectivity index (χ0n) is 11.0. The summed E-state index contributed by atoms with van der Waals surface area (Å²) in [6.45, 7) is 0.374. The number of fused-ring (bicyclic) bond motifs is 1. The maximum absolute atomic E-state index is 12.7. The molecule has 0 radical (unpaired) electrons.